The molecule has 0 fully saturated rings. The number of hydrogen-bond donors (Lipinski definition) is 0. The van der Waals surface area contributed by atoms with Gasteiger partial charge in [-0.3, -0.25) is 19.3 Å². The number of fused-ring (bicyclic) bond motifs is 3. The molecule has 0 unspecified atom stereocenters. The van der Waals surface area contributed by atoms with E-state index in [0.29, 0.717) is 23.5 Å². The molecule has 0 saturated heterocycles. The number of imide groups is 1. The molecule has 172 valence electrons. The third-order valence-corrected chi connectivity index (χ3v) is 6.69. The van der Waals surface area contributed by atoms with Crippen LogP contribution in [0.15, 0.2) is 48.5 Å². The van der Waals surface area contributed by atoms with E-state index in [1.807, 2.05) is 36.4 Å². The van der Waals surface area contributed by atoms with E-state index >= 15 is 0 Å². The number of esters is 1. The smallest absolute Gasteiger partial charge is 0.305 e. The van der Waals surface area contributed by atoms with E-state index < -0.39 is 6.04 Å². The summed E-state index contributed by atoms with van der Waals surface area (Å²) in [6.07, 6.45) is 4.42. The summed E-state index contributed by atoms with van der Waals surface area (Å²) >= 11 is 0. The maximum Gasteiger partial charge on any atom is 0.305 e. The van der Waals surface area contributed by atoms with Crippen molar-refractivity contribution >= 4 is 39.3 Å². The van der Waals surface area contributed by atoms with E-state index in [1.54, 1.807) is 19.1 Å². The summed E-state index contributed by atoms with van der Waals surface area (Å²) in [4.78, 5) is 39.5. The number of unbranched alkanes of at least 4 members (excludes halogenated alkanes) is 1. The van der Waals surface area contributed by atoms with E-state index in [0.717, 1.165) is 47.2 Å². The zero-order valence-corrected chi connectivity index (χ0v) is 19.6. The summed E-state index contributed by atoms with van der Waals surface area (Å²) in [5.74, 6) is -0.269. The van der Waals surface area contributed by atoms with Crippen LogP contribution < -0.4 is 0 Å². The summed E-state index contributed by atoms with van der Waals surface area (Å²) < 4.78 is 5.39. The molecule has 2 atom stereocenters. The summed E-state index contributed by atoms with van der Waals surface area (Å²) in [5, 5.41) is 4.02. The lowest BCUT2D eigenvalue weighted by Gasteiger charge is -2.22. The number of benzene rings is 3. The van der Waals surface area contributed by atoms with Gasteiger partial charge >= 0.3 is 5.97 Å². The number of nitrogens with zero attached hydrogens (tertiary/aromatic N) is 1. The van der Waals surface area contributed by atoms with Gasteiger partial charge in [0.15, 0.2) is 0 Å². The molecule has 1 aliphatic heterocycles. The Balaban J connectivity index is 1.42. The van der Waals surface area contributed by atoms with Crippen molar-refractivity contribution in [1.82, 2.24) is 4.90 Å². The van der Waals surface area contributed by atoms with Gasteiger partial charge in [-0.15, -0.1) is 0 Å². The highest BCUT2D eigenvalue weighted by Crippen LogP contribution is 2.31. The Morgan fingerprint density at radius 2 is 1.45 bits per heavy atom. The van der Waals surface area contributed by atoms with Gasteiger partial charge in [0.2, 0.25) is 0 Å². The number of ether oxygens (including phenoxy) is 1. The minimum atomic E-state index is -0.524. The first-order valence-electron chi connectivity index (χ1n) is 11.9. The normalized spacial score (nSPS) is 15.2. The monoisotopic (exact) mass is 445 g/mol. The van der Waals surface area contributed by atoms with Gasteiger partial charge in [-0.2, -0.15) is 0 Å². The maximum absolute atomic E-state index is 13.1. The fourth-order valence-corrected chi connectivity index (χ4v) is 4.42. The largest absolute Gasteiger partial charge is 0.463 e. The zero-order chi connectivity index (χ0) is 23.5. The Kier molecular flexibility index (Phi) is 6.77. The molecule has 0 bridgehead atoms. The van der Waals surface area contributed by atoms with Gasteiger partial charge < -0.3 is 4.74 Å². The van der Waals surface area contributed by atoms with E-state index in [9.17, 15) is 14.4 Å². The average Bonchev–Trinajstić information content (AvgIpc) is 3.06. The molecule has 33 heavy (non-hydrogen) atoms. The molecular weight excluding hydrogens is 414 g/mol. The first-order valence-corrected chi connectivity index (χ1v) is 11.9. The van der Waals surface area contributed by atoms with Crippen molar-refractivity contribution < 1.29 is 19.1 Å². The number of hydrogen-bond acceptors (Lipinski definition) is 4. The summed E-state index contributed by atoms with van der Waals surface area (Å²) in [7, 11) is 0. The minimum absolute atomic E-state index is 0.0130. The second-order valence-electron chi connectivity index (χ2n) is 9.22. The van der Waals surface area contributed by atoms with Gasteiger partial charge in [0.1, 0.15) is 6.61 Å². The molecule has 0 saturated carbocycles. The molecule has 5 heteroatoms. The molecular formula is C28H31NO4. The van der Waals surface area contributed by atoms with Gasteiger partial charge in [0, 0.05) is 6.42 Å². The van der Waals surface area contributed by atoms with Crippen LogP contribution in [0.4, 0.5) is 0 Å². The molecule has 0 aliphatic carbocycles. The quantitative estimate of drug-likeness (QED) is 0.172. The molecule has 1 heterocycles. The molecule has 3 aromatic rings. The number of rotatable bonds is 9. The van der Waals surface area contributed by atoms with Crippen molar-refractivity contribution in [3.8, 4) is 0 Å². The third kappa shape index (κ3) is 4.77. The van der Waals surface area contributed by atoms with Gasteiger partial charge in [0.05, 0.1) is 17.2 Å². The predicted octanol–water partition coefficient (Wildman–Crippen LogP) is 6.13. The number of carbonyl (C=O) groups is 3. The second kappa shape index (κ2) is 9.74. The van der Waals surface area contributed by atoms with Crippen LogP contribution >= 0.6 is 0 Å². The zero-order valence-electron chi connectivity index (χ0n) is 19.6. The highest BCUT2D eigenvalue weighted by Gasteiger charge is 2.39. The van der Waals surface area contributed by atoms with Crippen LogP contribution in [0.5, 0.6) is 0 Å². The fourth-order valence-electron chi connectivity index (χ4n) is 4.42. The molecule has 0 spiro atoms. The molecule has 5 nitrogen and oxygen atoms in total. The first kappa shape index (κ1) is 23.0. The molecule has 0 aromatic heterocycles. The Bertz CT molecular complexity index is 1140. The van der Waals surface area contributed by atoms with E-state index in [1.165, 1.54) is 4.90 Å². The Morgan fingerprint density at radius 1 is 0.879 bits per heavy atom. The molecule has 2 amide bonds. The number of carbonyl (C=O) groups excluding carboxylic acids is 3. The molecule has 0 N–H and O–H groups in total. The van der Waals surface area contributed by atoms with E-state index in [-0.39, 0.29) is 24.4 Å². The van der Waals surface area contributed by atoms with Crippen molar-refractivity contribution in [2.75, 3.05) is 6.61 Å². The highest BCUT2D eigenvalue weighted by molar-refractivity contribution is 6.23. The average molecular weight is 446 g/mol. The SMILES string of the molecule is CC[C@H](C)CCCCC(=O)OC[C@H](C)N1C(=O)c2cc3cc4ccccc4cc3cc2C1=O. The Hall–Kier alpha value is -3.21. The third-order valence-electron chi connectivity index (χ3n) is 6.69. The molecule has 3 aromatic carbocycles. The second-order valence-corrected chi connectivity index (χ2v) is 9.22. The first-order chi connectivity index (χ1) is 15.9. The summed E-state index contributed by atoms with van der Waals surface area (Å²) in [5.41, 5.74) is 0.817. The molecule has 0 radical (unpaired) electrons. The van der Waals surface area contributed by atoms with Crippen molar-refractivity contribution in [1.29, 1.82) is 0 Å². The molecule has 4 rings (SSSR count). The lowest BCUT2D eigenvalue weighted by molar-refractivity contribution is -0.145. The topological polar surface area (TPSA) is 63.7 Å². The van der Waals surface area contributed by atoms with Crippen LogP contribution in [0.2, 0.25) is 0 Å². The van der Waals surface area contributed by atoms with E-state index in [2.05, 4.69) is 13.8 Å². The van der Waals surface area contributed by atoms with Crippen LogP contribution in [0.3, 0.4) is 0 Å². The van der Waals surface area contributed by atoms with Crippen LogP contribution in [0, 0.1) is 5.92 Å². The van der Waals surface area contributed by atoms with Crippen molar-refractivity contribution in [2.45, 2.75) is 58.9 Å². The fraction of sp³-hybridized carbons (Fsp3) is 0.393. The minimum Gasteiger partial charge on any atom is -0.463 e. The van der Waals surface area contributed by atoms with Gasteiger partial charge in [0.25, 0.3) is 11.8 Å². The predicted molar refractivity (Wildman–Crippen MR) is 130 cm³/mol. The van der Waals surface area contributed by atoms with Crippen molar-refractivity contribution in [2.24, 2.45) is 5.92 Å². The number of amides is 2. The van der Waals surface area contributed by atoms with E-state index in [4.69, 9.17) is 4.74 Å². The van der Waals surface area contributed by atoms with Gasteiger partial charge in [-0.25, -0.2) is 0 Å². The summed E-state index contributed by atoms with van der Waals surface area (Å²) in [6, 6.07) is 15.2. The maximum atomic E-state index is 13.1. The Labute approximate surface area is 194 Å². The van der Waals surface area contributed by atoms with Crippen LogP contribution in [-0.4, -0.2) is 35.3 Å². The summed E-state index contributed by atoms with van der Waals surface area (Å²) in [6.45, 7) is 6.14. The van der Waals surface area contributed by atoms with Crippen molar-refractivity contribution in [3.05, 3.63) is 59.7 Å². The van der Waals surface area contributed by atoms with Gasteiger partial charge in [-0.05, 0) is 65.1 Å². The van der Waals surface area contributed by atoms with Gasteiger partial charge in [-0.1, -0.05) is 57.4 Å². The Morgan fingerprint density at radius 3 is 2.00 bits per heavy atom. The highest BCUT2D eigenvalue weighted by atomic mass is 16.5. The van der Waals surface area contributed by atoms with Crippen LogP contribution in [0.1, 0.15) is 73.6 Å². The van der Waals surface area contributed by atoms with Crippen LogP contribution in [-0.2, 0) is 9.53 Å². The lowest BCUT2D eigenvalue weighted by Crippen LogP contribution is -2.41. The molecule has 1 aliphatic rings. The van der Waals surface area contributed by atoms with Crippen molar-refractivity contribution in [3.63, 3.8) is 0 Å². The lowest BCUT2D eigenvalue weighted by atomic mass is 9.99. The van der Waals surface area contributed by atoms with Crippen LogP contribution in [0.25, 0.3) is 21.5 Å². The standard InChI is InChI=1S/C28H31NO4/c1-4-18(2)9-5-8-12-26(30)33-17-19(3)29-27(31)24-15-22-13-20-10-6-7-11-21(20)14-23(22)16-25(24)28(29)32/h6-7,10-11,13-16,18-19H,4-5,8-9,12,17H2,1-3H3/t18-,19-/m0/s1.